The summed E-state index contributed by atoms with van der Waals surface area (Å²) in [6.07, 6.45) is -4.23. The predicted molar refractivity (Wildman–Crippen MR) is 73.5 cm³/mol. The molecule has 0 saturated carbocycles. The highest BCUT2D eigenvalue weighted by Crippen LogP contribution is 2.29. The van der Waals surface area contributed by atoms with Crippen LogP contribution in [0.25, 0.3) is 11.3 Å². The maximum Gasteiger partial charge on any atom is 0.416 e. The molecule has 0 amide bonds. The van der Waals surface area contributed by atoms with Crippen LogP contribution in [0.1, 0.15) is 22.6 Å². The lowest BCUT2D eigenvalue weighted by molar-refractivity contribution is -0.137. The van der Waals surface area contributed by atoms with Crippen molar-refractivity contribution in [1.29, 1.82) is 0 Å². The quantitative estimate of drug-likeness (QED) is 0.764. The molecule has 0 atom stereocenters. The number of nitrogens with zero attached hydrogens (tertiary/aromatic N) is 2. The Kier molecular flexibility index (Phi) is 3.23. The van der Waals surface area contributed by atoms with E-state index in [2.05, 4.69) is 19.9 Å². The molecule has 3 rings (SSSR count). The molecule has 0 saturated heterocycles. The lowest BCUT2D eigenvalue weighted by atomic mass is 10.1. The van der Waals surface area contributed by atoms with Gasteiger partial charge in [0.05, 0.1) is 5.56 Å². The maximum atomic E-state index is 12.5. The van der Waals surface area contributed by atoms with Crippen LogP contribution in [-0.4, -0.2) is 19.9 Å². The summed E-state index contributed by atoms with van der Waals surface area (Å²) < 4.78 is 37.5. The number of aromatic nitrogens is 4. The van der Waals surface area contributed by atoms with Crippen molar-refractivity contribution in [2.45, 2.75) is 19.5 Å². The molecule has 22 heavy (non-hydrogen) atoms. The molecule has 0 spiro atoms. The minimum absolute atomic E-state index is 0.140. The van der Waals surface area contributed by atoms with E-state index in [1.807, 2.05) is 0 Å². The number of hydrogen-bond acceptors (Lipinski definition) is 3. The van der Waals surface area contributed by atoms with E-state index in [4.69, 9.17) is 0 Å². The molecule has 8 heteroatoms. The Labute approximate surface area is 122 Å². The molecule has 0 aliphatic heterocycles. The molecule has 0 bridgehead atoms. The van der Waals surface area contributed by atoms with Crippen molar-refractivity contribution in [2.24, 2.45) is 0 Å². The Morgan fingerprint density at radius 1 is 1.05 bits per heavy atom. The van der Waals surface area contributed by atoms with Gasteiger partial charge in [0, 0.05) is 6.42 Å². The fourth-order valence-corrected chi connectivity index (χ4v) is 2.14. The molecule has 1 aromatic carbocycles. The van der Waals surface area contributed by atoms with Gasteiger partial charge >= 0.3 is 6.18 Å². The molecule has 0 fully saturated rings. The van der Waals surface area contributed by atoms with E-state index in [1.54, 1.807) is 6.92 Å². The molecule has 3 aromatic rings. The van der Waals surface area contributed by atoms with Crippen molar-refractivity contribution < 1.29 is 13.2 Å². The zero-order valence-corrected chi connectivity index (χ0v) is 11.5. The van der Waals surface area contributed by atoms with Crippen LogP contribution in [0.15, 0.2) is 29.1 Å². The van der Waals surface area contributed by atoms with Crippen molar-refractivity contribution >= 4 is 11.3 Å². The van der Waals surface area contributed by atoms with Gasteiger partial charge in [-0.15, -0.1) is 0 Å². The van der Waals surface area contributed by atoms with Crippen molar-refractivity contribution in [3.05, 3.63) is 57.3 Å². The number of alkyl halides is 3. The smallest absolute Gasteiger partial charge is 0.326 e. The average Bonchev–Trinajstić information content (AvgIpc) is 2.78. The predicted octanol–water partition coefficient (Wildman–Crippen LogP) is 2.56. The first-order valence-corrected chi connectivity index (χ1v) is 6.44. The summed E-state index contributed by atoms with van der Waals surface area (Å²) in [6.45, 7) is 1.73. The van der Waals surface area contributed by atoms with Crippen molar-refractivity contribution in [1.82, 2.24) is 19.9 Å². The Hall–Kier alpha value is -2.64. The number of nitrogens with one attached hydrogen (secondary N) is 2. The first kappa shape index (κ1) is 14.3. The van der Waals surface area contributed by atoms with Crippen LogP contribution in [0.5, 0.6) is 0 Å². The monoisotopic (exact) mass is 308 g/mol. The van der Waals surface area contributed by atoms with Crippen LogP contribution in [0.4, 0.5) is 13.2 Å². The third-order valence-corrected chi connectivity index (χ3v) is 3.20. The molecule has 114 valence electrons. The minimum atomic E-state index is -4.37. The van der Waals surface area contributed by atoms with Gasteiger partial charge in [0.2, 0.25) is 0 Å². The topological polar surface area (TPSA) is 74.4 Å². The fraction of sp³-hybridized carbons (Fsp3) is 0.214. The lowest BCUT2D eigenvalue weighted by Gasteiger charge is -2.07. The minimum Gasteiger partial charge on any atom is -0.326 e. The highest BCUT2D eigenvalue weighted by atomic mass is 19.4. The van der Waals surface area contributed by atoms with Gasteiger partial charge in [-0.1, -0.05) is 12.1 Å². The van der Waals surface area contributed by atoms with E-state index in [9.17, 15) is 18.0 Å². The number of halogens is 3. The summed E-state index contributed by atoms with van der Waals surface area (Å²) in [4.78, 5) is 25.7. The highest BCUT2D eigenvalue weighted by molar-refractivity contribution is 5.65. The molecule has 0 unspecified atom stereocenters. The number of benzene rings is 1. The molecule has 0 aliphatic rings. The van der Waals surface area contributed by atoms with Gasteiger partial charge < -0.3 is 9.97 Å². The van der Waals surface area contributed by atoms with Crippen LogP contribution in [-0.2, 0) is 12.6 Å². The first-order chi connectivity index (χ1) is 10.3. The van der Waals surface area contributed by atoms with Crippen LogP contribution in [0, 0.1) is 6.92 Å². The molecule has 0 radical (unpaired) electrons. The van der Waals surface area contributed by atoms with Crippen LogP contribution < -0.4 is 5.56 Å². The summed E-state index contributed by atoms with van der Waals surface area (Å²) >= 11 is 0. The number of rotatable bonds is 2. The standard InChI is InChI=1S/C14H11F3N4O/c1-7-18-11-12(19-7)21-13(22)10(20-11)6-8-2-4-9(5-3-8)14(15,16)17/h2-5H,6H2,1H3,(H2,18,19,20,21,22). The molecule has 0 aliphatic carbocycles. The highest BCUT2D eigenvalue weighted by Gasteiger charge is 2.29. The van der Waals surface area contributed by atoms with Gasteiger partial charge in [0.25, 0.3) is 5.56 Å². The summed E-state index contributed by atoms with van der Waals surface area (Å²) in [6, 6.07) is 4.66. The van der Waals surface area contributed by atoms with Gasteiger partial charge in [-0.2, -0.15) is 13.2 Å². The van der Waals surface area contributed by atoms with Crippen LogP contribution in [0.3, 0.4) is 0 Å². The third kappa shape index (κ3) is 2.72. The Balaban J connectivity index is 1.92. The number of aromatic amines is 2. The van der Waals surface area contributed by atoms with Gasteiger partial charge in [0.1, 0.15) is 11.5 Å². The van der Waals surface area contributed by atoms with Crippen molar-refractivity contribution in [3.63, 3.8) is 0 Å². The SMILES string of the molecule is Cc1nc2[nH]c(=O)c(Cc3ccc(C(F)(F)F)cc3)nc2[nH]1. The Morgan fingerprint density at radius 2 is 1.68 bits per heavy atom. The van der Waals surface area contributed by atoms with Crippen LogP contribution in [0.2, 0.25) is 0 Å². The van der Waals surface area contributed by atoms with Crippen molar-refractivity contribution in [2.75, 3.05) is 0 Å². The lowest BCUT2D eigenvalue weighted by Crippen LogP contribution is -2.15. The molecule has 5 nitrogen and oxygen atoms in total. The van der Waals surface area contributed by atoms with Crippen LogP contribution >= 0.6 is 0 Å². The molecular formula is C14H11F3N4O. The summed E-state index contributed by atoms with van der Waals surface area (Å²) in [5, 5.41) is 0. The Morgan fingerprint density at radius 3 is 2.32 bits per heavy atom. The second-order valence-corrected chi connectivity index (χ2v) is 4.90. The van der Waals surface area contributed by atoms with E-state index in [0.717, 1.165) is 12.1 Å². The normalized spacial score (nSPS) is 12.0. The van der Waals surface area contributed by atoms with Crippen molar-refractivity contribution in [3.8, 4) is 0 Å². The van der Waals surface area contributed by atoms with E-state index < -0.39 is 17.3 Å². The molecular weight excluding hydrogens is 297 g/mol. The summed E-state index contributed by atoms with van der Waals surface area (Å²) in [5.41, 5.74) is 0.465. The Bertz CT molecular complexity index is 878. The van der Waals surface area contributed by atoms with E-state index in [-0.39, 0.29) is 12.1 Å². The number of H-pyrrole nitrogens is 2. The maximum absolute atomic E-state index is 12.5. The molecule has 2 N–H and O–H groups in total. The van der Waals surface area contributed by atoms with Gasteiger partial charge in [0.15, 0.2) is 11.3 Å². The molecule has 2 heterocycles. The van der Waals surface area contributed by atoms with E-state index >= 15 is 0 Å². The third-order valence-electron chi connectivity index (χ3n) is 3.20. The molecule has 2 aromatic heterocycles. The number of imidazole rings is 1. The fourth-order valence-electron chi connectivity index (χ4n) is 2.14. The average molecular weight is 308 g/mol. The second kappa shape index (κ2) is 4.97. The number of aryl methyl sites for hydroxylation is 1. The summed E-state index contributed by atoms with van der Waals surface area (Å²) in [7, 11) is 0. The number of fused-ring (bicyclic) bond motifs is 1. The largest absolute Gasteiger partial charge is 0.416 e. The van der Waals surface area contributed by atoms with E-state index in [1.165, 1.54) is 12.1 Å². The zero-order chi connectivity index (χ0) is 15.9. The van der Waals surface area contributed by atoms with Gasteiger partial charge in [-0.25, -0.2) is 9.97 Å². The summed E-state index contributed by atoms with van der Waals surface area (Å²) in [5.74, 6) is 0.616. The van der Waals surface area contributed by atoms with Gasteiger partial charge in [-0.05, 0) is 24.6 Å². The second-order valence-electron chi connectivity index (χ2n) is 4.90. The number of hydrogen-bond donors (Lipinski definition) is 2. The van der Waals surface area contributed by atoms with Gasteiger partial charge in [-0.3, -0.25) is 4.79 Å². The first-order valence-electron chi connectivity index (χ1n) is 6.44. The van der Waals surface area contributed by atoms with E-state index in [0.29, 0.717) is 22.7 Å². The zero-order valence-electron chi connectivity index (χ0n) is 11.5.